The Bertz CT molecular complexity index is 1040. The van der Waals surface area contributed by atoms with Gasteiger partial charge in [-0.25, -0.2) is 0 Å². The summed E-state index contributed by atoms with van der Waals surface area (Å²) < 4.78 is 11.0. The van der Waals surface area contributed by atoms with Crippen LogP contribution in [0.3, 0.4) is 0 Å². The first-order valence-electron chi connectivity index (χ1n) is 13.8. The van der Waals surface area contributed by atoms with Crippen molar-refractivity contribution in [2.45, 2.75) is 78.6 Å². The minimum atomic E-state index is -0.466. The highest BCUT2D eigenvalue weighted by Gasteiger charge is 2.55. The molecule has 2 atom stereocenters. The number of anilines is 1. The lowest BCUT2D eigenvalue weighted by Gasteiger charge is -2.24. The number of nitrogens with one attached hydrogen (secondary N) is 1. The molecule has 200 valence electrons. The van der Waals surface area contributed by atoms with Gasteiger partial charge < -0.3 is 14.8 Å². The van der Waals surface area contributed by atoms with E-state index in [1.54, 1.807) is 0 Å². The van der Waals surface area contributed by atoms with Gasteiger partial charge in [-0.3, -0.25) is 9.59 Å². The van der Waals surface area contributed by atoms with Crippen LogP contribution in [-0.4, -0.2) is 25.1 Å². The van der Waals surface area contributed by atoms with Crippen LogP contribution in [0.1, 0.15) is 76.8 Å². The van der Waals surface area contributed by atoms with Gasteiger partial charge in [-0.2, -0.15) is 0 Å². The van der Waals surface area contributed by atoms with E-state index >= 15 is 0 Å². The lowest BCUT2D eigenvalue weighted by molar-refractivity contribution is -0.146. The number of benzene rings is 2. The first kappa shape index (κ1) is 28.5. The van der Waals surface area contributed by atoms with E-state index in [9.17, 15) is 9.59 Å². The molecule has 37 heavy (non-hydrogen) atoms. The minimum absolute atomic E-state index is 0.0782. The van der Waals surface area contributed by atoms with Gasteiger partial charge in [-0.1, -0.05) is 82.9 Å². The molecule has 1 heterocycles. The van der Waals surface area contributed by atoms with Crippen LogP contribution in [0, 0.1) is 11.3 Å². The Labute approximate surface area is 222 Å². The fourth-order valence-corrected chi connectivity index (χ4v) is 5.19. The van der Waals surface area contributed by atoms with Crippen LogP contribution < -0.4 is 10.1 Å². The van der Waals surface area contributed by atoms with Crippen LogP contribution in [-0.2, 0) is 27.2 Å². The highest BCUT2D eigenvalue weighted by Crippen LogP contribution is 2.52. The molecule has 5 heteroatoms. The Morgan fingerprint density at radius 2 is 1.78 bits per heavy atom. The van der Waals surface area contributed by atoms with Gasteiger partial charge in [0, 0.05) is 11.6 Å². The quantitative estimate of drug-likeness (QED) is 0.198. The zero-order valence-electron chi connectivity index (χ0n) is 22.8. The first-order chi connectivity index (χ1) is 17.9. The maximum absolute atomic E-state index is 12.5. The molecule has 0 aromatic heterocycles. The van der Waals surface area contributed by atoms with Crippen molar-refractivity contribution in [2.24, 2.45) is 11.3 Å². The molecule has 1 saturated carbocycles. The zero-order chi connectivity index (χ0) is 26.7. The van der Waals surface area contributed by atoms with Crippen molar-refractivity contribution in [2.75, 3.05) is 18.5 Å². The third kappa shape index (κ3) is 7.95. The van der Waals surface area contributed by atoms with Gasteiger partial charge in [0.15, 0.2) is 0 Å². The molecule has 1 amide bonds. The molecule has 1 N–H and O–H groups in total. The molecule has 4 rings (SSSR count). The van der Waals surface area contributed by atoms with E-state index in [4.69, 9.17) is 9.47 Å². The molecular formula is C32H43NO4. The molecule has 2 aromatic carbocycles. The van der Waals surface area contributed by atoms with Gasteiger partial charge in [0.25, 0.3) is 0 Å². The van der Waals surface area contributed by atoms with Gasteiger partial charge in [0.05, 0.1) is 25.0 Å². The fourth-order valence-electron chi connectivity index (χ4n) is 5.19. The Kier molecular flexibility index (Phi) is 10.8. The summed E-state index contributed by atoms with van der Waals surface area (Å²) in [6, 6.07) is 15.4. The zero-order valence-corrected chi connectivity index (χ0v) is 22.8. The number of amides is 1. The highest BCUT2D eigenvalue weighted by molar-refractivity contribution is 5.92. The van der Waals surface area contributed by atoms with Crippen molar-refractivity contribution in [3.63, 3.8) is 0 Å². The second-order valence-corrected chi connectivity index (χ2v) is 10.4. The number of hydrogen-bond acceptors (Lipinski definition) is 4. The predicted octanol–water partition coefficient (Wildman–Crippen LogP) is 7.30. The van der Waals surface area contributed by atoms with Gasteiger partial charge in [0.2, 0.25) is 5.91 Å². The molecule has 0 spiro atoms. The number of allylic oxidation sites excluding steroid dienone is 1. The van der Waals surface area contributed by atoms with Crippen LogP contribution in [0.25, 0.3) is 0 Å². The maximum atomic E-state index is 12.5. The van der Waals surface area contributed by atoms with Crippen LogP contribution >= 0.6 is 0 Å². The molecule has 2 fully saturated rings. The second kappa shape index (κ2) is 14.0. The average molecular weight is 506 g/mol. The number of cyclic esters (lactones) is 1. The Balaban J connectivity index is 0.000000568. The van der Waals surface area contributed by atoms with Gasteiger partial charge in [0.1, 0.15) is 5.75 Å². The summed E-state index contributed by atoms with van der Waals surface area (Å²) in [6.07, 6.45) is 8.98. The number of hydrogen-bond donors (Lipinski definition) is 1. The highest BCUT2D eigenvalue weighted by atomic mass is 16.5. The summed E-state index contributed by atoms with van der Waals surface area (Å²) in [6.45, 7) is 11.8. The van der Waals surface area contributed by atoms with Gasteiger partial charge in [-0.05, 0) is 61.1 Å². The van der Waals surface area contributed by atoms with Crippen LogP contribution in [0.2, 0.25) is 0 Å². The van der Waals surface area contributed by atoms with Gasteiger partial charge in [-0.15, -0.1) is 0 Å². The Hall–Kier alpha value is -3.08. The molecule has 5 nitrogen and oxygen atoms in total. The molecule has 1 saturated heterocycles. The Morgan fingerprint density at radius 1 is 1.05 bits per heavy atom. The van der Waals surface area contributed by atoms with Gasteiger partial charge >= 0.3 is 5.97 Å². The molecule has 0 bridgehead atoms. The van der Waals surface area contributed by atoms with Crippen molar-refractivity contribution in [3.8, 4) is 5.75 Å². The molecule has 1 aliphatic heterocycles. The maximum Gasteiger partial charge on any atom is 0.313 e. The molecule has 1 aliphatic carbocycles. The average Bonchev–Trinajstić information content (AvgIpc) is 3.36. The van der Waals surface area contributed by atoms with Crippen LogP contribution in [0.15, 0.2) is 60.7 Å². The van der Waals surface area contributed by atoms with E-state index in [1.165, 1.54) is 25.7 Å². The summed E-state index contributed by atoms with van der Waals surface area (Å²) in [5, 5.41) is 2.95. The summed E-state index contributed by atoms with van der Waals surface area (Å²) in [5.74, 6) is 0.836. The Morgan fingerprint density at radius 3 is 2.46 bits per heavy atom. The number of esters is 1. The van der Waals surface area contributed by atoms with Crippen LogP contribution in [0.5, 0.6) is 5.75 Å². The molecule has 2 unspecified atom stereocenters. The number of carbonyl (C=O) groups is 2. The van der Waals surface area contributed by atoms with E-state index in [1.807, 2.05) is 48.5 Å². The lowest BCUT2D eigenvalue weighted by Crippen LogP contribution is -2.31. The van der Waals surface area contributed by atoms with Crippen molar-refractivity contribution in [1.82, 2.24) is 0 Å². The molecule has 0 radical (unpaired) electrons. The number of rotatable bonds is 11. The first-order valence-corrected chi connectivity index (χ1v) is 13.8. The monoisotopic (exact) mass is 505 g/mol. The molecule has 2 aromatic rings. The summed E-state index contributed by atoms with van der Waals surface area (Å²) >= 11 is 0. The fraction of sp³-hybridized carbons (Fsp3) is 0.500. The standard InChI is InChI=1S/C26H29NO4.C6H14/c1-3-11-30-23-6-4-5-20(13-23)14-24(28)27-22-9-7-19(8-10-22)16-26-15-18(2)12-21(26)17-31-25(26)29;1-3-5-6-4-2/h4-10,13,21H,2-3,11-12,14-17H2,1H3,(H,27,28);3-6H2,1-2H3. The van der Waals surface area contributed by atoms with E-state index in [0.29, 0.717) is 26.1 Å². The van der Waals surface area contributed by atoms with E-state index in [0.717, 1.165) is 41.0 Å². The minimum Gasteiger partial charge on any atom is -0.494 e. The smallest absolute Gasteiger partial charge is 0.313 e. The van der Waals surface area contributed by atoms with Crippen molar-refractivity contribution >= 4 is 17.6 Å². The summed E-state index contributed by atoms with van der Waals surface area (Å²) in [7, 11) is 0. The third-order valence-corrected chi connectivity index (χ3v) is 7.15. The summed E-state index contributed by atoms with van der Waals surface area (Å²) in [5.41, 5.74) is 3.39. The second-order valence-electron chi connectivity index (χ2n) is 10.4. The van der Waals surface area contributed by atoms with Crippen LogP contribution in [0.4, 0.5) is 5.69 Å². The molecular weight excluding hydrogens is 462 g/mol. The third-order valence-electron chi connectivity index (χ3n) is 7.15. The van der Waals surface area contributed by atoms with Crippen molar-refractivity contribution < 1.29 is 19.1 Å². The summed E-state index contributed by atoms with van der Waals surface area (Å²) in [4.78, 5) is 24.9. The lowest BCUT2D eigenvalue weighted by atomic mass is 9.75. The SMILES string of the molecule is C=C1CC2COC(=O)C2(Cc2ccc(NC(=O)Cc3cccc(OCCC)c3)cc2)C1.CCCCCC. The van der Waals surface area contributed by atoms with E-state index in [2.05, 4.69) is 32.7 Å². The number of fused-ring (bicyclic) bond motifs is 1. The largest absolute Gasteiger partial charge is 0.494 e. The molecule has 2 aliphatic rings. The van der Waals surface area contributed by atoms with E-state index in [-0.39, 0.29) is 24.2 Å². The number of unbranched alkanes of at least 4 members (excludes halogenated alkanes) is 3. The number of ether oxygens (including phenoxy) is 2. The predicted molar refractivity (Wildman–Crippen MR) is 150 cm³/mol. The number of carbonyl (C=O) groups excluding carboxylic acids is 2. The topological polar surface area (TPSA) is 64.6 Å². The normalized spacial score (nSPS) is 20.0. The van der Waals surface area contributed by atoms with E-state index < -0.39 is 5.41 Å². The van der Waals surface area contributed by atoms with Crippen molar-refractivity contribution in [1.29, 1.82) is 0 Å². The van der Waals surface area contributed by atoms with Crippen molar-refractivity contribution in [3.05, 3.63) is 71.8 Å².